The summed E-state index contributed by atoms with van der Waals surface area (Å²) in [6.07, 6.45) is -3.58. The van der Waals surface area contributed by atoms with E-state index >= 15 is 0 Å². The number of halogens is 1. The maximum atomic E-state index is 10.8. The molecule has 1 unspecified atom stereocenters. The fourth-order valence-electron chi connectivity index (χ4n) is 2.70. The molecule has 9 nitrogen and oxygen atoms in total. The van der Waals surface area contributed by atoms with Crippen molar-refractivity contribution in [3.63, 3.8) is 0 Å². The van der Waals surface area contributed by atoms with Crippen LogP contribution in [0.4, 0.5) is 5.95 Å². The Morgan fingerprint density at radius 3 is 2.96 bits per heavy atom. The van der Waals surface area contributed by atoms with Gasteiger partial charge in [0.25, 0.3) is 0 Å². The maximum Gasteiger partial charge on any atom is 0.200 e. The Morgan fingerprint density at radius 2 is 2.33 bits per heavy atom. The Labute approximate surface area is 146 Å². The fourth-order valence-corrected chi connectivity index (χ4v) is 3.10. The molecule has 24 heavy (non-hydrogen) atoms. The zero-order valence-corrected chi connectivity index (χ0v) is 13.9. The molecule has 0 radical (unpaired) electrons. The number of hydrogen-bond donors (Lipinski definition) is 5. The van der Waals surface area contributed by atoms with Crippen molar-refractivity contribution in [2.75, 3.05) is 5.73 Å². The Kier molecular flexibility index (Phi) is 4.25. The summed E-state index contributed by atoms with van der Waals surface area (Å²) in [5.74, 6) is 2.38. The van der Waals surface area contributed by atoms with E-state index in [0.717, 1.165) is 0 Å². The van der Waals surface area contributed by atoms with E-state index in [1.54, 1.807) is 0 Å². The molecule has 0 aliphatic carbocycles. The number of aliphatic hydroxyl groups excluding tert-OH is 2. The number of H-pyrrole nitrogens is 1. The number of aromatic amines is 1. The van der Waals surface area contributed by atoms with Crippen LogP contribution in [0.15, 0.2) is 6.33 Å². The highest BCUT2D eigenvalue weighted by atomic mass is 35.5. The van der Waals surface area contributed by atoms with E-state index in [-0.39, 0.29) is 16.2 Å². The molecule has 0 bridgehead atoms. The zero-order valence-electron chi connectivity index (χ0n) is 12.3. The third-order valence-corrected chi connectivity index (χ3v) is 4.24. The van der Waals surface area contributed by atoms with E-state index in [1.165, 1.54) is 17.8 Å². The van der Waals surface area contributed by atoms with Crippen LogP contribution in [-0.4, -0.2) is 58.8 Å². The third-order valence-electron chi connectivity index (χ3n) is 3.85. The van der Waals surface area contributed by atoms with Gasteiger partial charge in [-0.2, -0.15) is 4.98 Å². The summed E-state index contributed by atoms with van der Waals surface area (Å²) in [4.78, 5) is 10.9. The second kappa shape index (κ2) is 5.96. The average Bonchev–Trinajstić information content (AvgIpc) is 3.00. The monoisotopic (exact) mass is 371 g/mol. The van der Waals surface area contributed by atoms with Gasteiger partial charge < -0.3 is 30.8 Å². The average molecular weight is 372 g/mol. The minimum Gasteiger partial charge on any atom is -0.391 e. The molecule has 0 saturated carbocycles. The van der Waals surface area contributed by atoms with Gasteiger partial charge in [-0.15, -0.1) is 0 Å². The van der Waals surface area contributed by atoms with Gasteiger partial charge in [-0.3, -0.25) is 4.57 Å². The molecular formula is C13H14ClN5O4S. The minimum atomic E-state index is -2.09. The number of nitrogens with one attached hydrogen (secondary N) is 1. The molecule has 0 aromatic carbocycles. The number of fused-ring (bicyclic) bond motifs is 1. The van der Waals surface area contributed by atoms with Crippen molar-refractivity contribution in [1.82, 2.24) is 19.5 Å². The predicted molar refractivity (Wildman–Crippen MR) is 87.3 cm³/mol. The summed E-state index contributed by atoms with van der Waals surface area (Å²) < 4.78 is 7.22. The molecule has 1 fully saturated rings. The van der Waals surface area contributed by atoms with Gasteiger partial charge in [0.15, 0.2) is 11.9 Å². The van der Waals surface area contributed by atoms with Gasteiger partial charge in [-0.1, -0.05) is 12.2 Å². The number of hydrogen-bond acceptors (Lipinski definition) is 8. The Balaban J connectivity index is 2.20. The van der Waals surface area contributed by atoms with Gasteiger partial charge in [0.1, 0.15) is 22.4 Å². The van der Waals surface area contributed by atoms with Crippen molar-refractivity contribution in [2.24, 2.45) is 0 Å². The highest BCUT2D eigenvalue weighted by molar-refractivity contribution is 7.71. The second-order valence-corrected chi connectivity index (χ2v) is 6.06. The summed E-state index contributed by atoms with van der Waals surface area (Å²) >= 11 is 10.6. The van der Waals surface area contributed by atoms with Gasteiger partial charge in [-0.05, 0) is 24.4 Å². The number of rotatable bonds is 2. The molecule has 1 aliphatic heterocycles. The van der Waals surface area contributed by atoms with E-state index in [9.17, 15) is 15.3 Å². The van der Waals surface area contributed by atoms with Gasteiger partial charge in [0.05, 0.1) is 12.4 Å². The molecule has 1 saturated heterocycles. The first kappa shape index (κ1) is 17.1. The first-order valence-electron chi connectivity index (χ1n) is 6.88. The first-order chi connectivity index (χ1) is 11.3. The fraction of sp³-hybridized carbons (Fsp3) is 0.462. The van der Waals surface area contributed by atoms with Crippen molar-refractivity contribution in [3.05, 3.63) is 11.0 Å². The van der Waals surface area contributed by atoms with Crippen LogP contribution in [0.1, 0.15) is 13.2 Å². The molecule has 3 rings (SSSR count). The van der Waals surface area contributed by atoms with Gasteiger partial charge in [0, 0.05) is 5.38 Å². The number of anilines is 1. The zero-order chi connectivity index (χ0) is 17.6. The summed E-state index contributed by atoms with van der Waals surface area (Å²) in [6.45, 7) is 1.42. The van der Waals surface area contributed by atoms with Gasteiger partial charge >= 0.3 is 0 Å². The lowest BCUT2D eigenvalue weighted by Gasteiger charge is -2.26. The normalized spacial score (nSPS) is 31.0. The molecule has 6 N–H and O–H groups in total. The molecule has 2 aromatic heterocycles. The van der Waals surface area contributed by atoms with E-state index < -0.39 is 30.1 Å². The van der Waals surface area contributed by atoms with E-state index in [2.05, 4.69) is 20.9 Å². The molecule has 1 aliphatic rings. The van der Waals surface area contributed by atoms with Crippen LogP contribution >= 0.6 is 23.8 Å². The number of nitrogen functional groups attached to an aromatic ring is 1. The first-order valence-corrected chi connectivity index (χ1v) is 7.67. The van der Waals surface area contributed by atoms with Crippen molar-refractivity contribution in [2.45, 2.75) is 37.1 Å². The summed E-state index contributed by atoms with van der Waals surface area (Å²) in [7, 11) is 0. The minimum absolute atomic E-state index is 0.0480. The number of imidazole rings is 1. The molecule has 128 valence electrons. The summed E-state index contributed by atoms with van der Waals surface area (Å²) in [6, 6.07) is 0. The quantitative estimate of drug-likeness (QED) is 0.356. The lowest BCUT2D eigenvalue weighted by molar-refractivity contribution is -0.0847. The van der Waals surface area contributed by atoms with Gasteiger partial charge in [0.2, 0.25) is 11.5 Å². The van der Waals surface area contributed by atoms with Gasteiger partial charge in [-0.25, -0.2) is 4.98 Å². The van der Waals surface area contributed by atoms with Crippen LogP contribution in [0, 0.1) is 15.9 Å². The number of nitrogens with zero attached hydrogens (tertiary/aromatic N) is 3. The predicted octanol–water partition coefficient (Wildman–Crippen LogP) is -0.359. The summed E-state index contributed by atoms with van der Waals surface area (Å²) in [5.41, 5.74) is 4.14. The Morgan fingerprint density at radius 1 is 1.62 bits per heavy atom. The molecule has 0 amide bonds. The van der Waals surface area contributed by atoms with Crippen LogP contribution in [0.2, 0.25) is 0 Å². The molecule has 3 heterocycles. The molecule has 11 heteroatoms. The molecule has 0 spiro atoms. The van der Waals surface area contributed by atoms with Crippen molar-refractivity contribution in [1.29, 1.82) is 0 Å². The van der Waals surface area contributed by atoms with Crippen LogP contribution in [0.3, 0.4) is 0 Å². The summed E-state index contributed by atoms with van der Waals surface area (Å²) in [5, 5.41) is 33.0. The largest absolute Gasteiger partial charge is 0.391 e. The highest BCUT2D eigenvalue weighted by Crippen LogP contribution is 2.40. The molecule has 2 aromatic rings. The number of aliphatic hydroxyl groups is 3. The van der Waals surface area contributed by atoms with E-state index in [1.807, 2.05) is 5.38 Å². The second-order valence-electron chi connectivity index (χ2n) is 5.46. The molecule has 5 atom stereocenters. The van der Waals surface area contributed by atoms with Crippen LogP contribution in [0.25, 0.3) is 11.2 Å². The van der Waals surface area contributed by atoms with Crippen LogP contribution < -0.4 is 5.73 Å². The standard InChI is InChI=1S/C13H14ClN5O4S/c1-5(20)7-8(21)13(22,2-3-14)11(23-7)19-4-16-6-9(19)17-12(15)18-10(6)24/h4-5,7-8,11,20-22H,1H3,(H3,15,17,18,24)/t5-,7+,8?,11+,13+/m0/s1. The molecular weight excluding hydrogens is 358 g/mol. The lowest BCUT2D eigenvalue weighted by Crippen LogP contribution is -2.47. The highest BCUT2D eigenvalue weighted by Gasteiger charge is 2.57. The van der Waals surface area contributed by atoms with E-state index in [4.69, 9.17) is 34.3 Å². The maximum absolute atomic E-state index is 10.8. The number of aromatic nitrogens is 4. The SMILES string of the molecule is C[C@H](O)[C@H]1O[C@@H](n2cnc3c(=S)[nH]c(N)nc32)[C@@](O)(C#CCl)C1O. The van der Waals surface area contributed by atoms with Crippen LogP contribution in [0.5, 0.6) is 0 Å². The van der Waals surface area contributed by atoms with Crippen LogP contribution in [-0.2, 0) is 4.74 Å². The van der Waals surface area contributed by atoms with Crippen molar-refractivity contribution in [3.8, 4) is 11.3 Å². The third kappa shape index (κ3) is 2.46. The Bertz CT molecular complexity index is 903. The van der Waals surface area contributed by atoms with Crippen molar-refractivity contribution >= 4 is 40.9 Å². The lowest BCUT2D eigenvalue weighted by atomic mass is 9.93. The topological polar surface area (TPSA) is 142 Å². The van der Waals surface area contributed by atoms with Crippen molar-refractivity contribution < 1.29 is 20.1 Å². The Hall–Kier alpha value is -1.74. The smallest absolute Gasteiger partial charge is 0.200 e. The number of nitrogens with two attached hydrogens (primary N) is 1. The van der Waals surface area contributed by atoms with E-state index in [0.29, 0.717) is 5.52 Å². The number of ether oxygens (including phenoxy) is 1.